The fourth-order valence-electron chi connectivity index (χ4n) is 1.94. The van der Waals surface area contributed by atoms with Crippen molar-refractivity contribution >= 4 is 5.97 Å². The van der Waals surface area contributed by atoms with Gasteiger partial charge in [0.15, 0.2) is 0 Å². The molecule has 1 aliphatic rings. The van der Waals surface area contributed by atoms with Gasteiger partial charge >= 0.3 is 5.97 Å². The molecule has 0 radical (unpaired) electrons. The van der Waals surface area contributed by atoms with E-state index in [1.54, 1.807) is 0 Å². The van der Waals surface area contributed by atoms with E-state index in [1.165, 1.54) is 5.56 Å². The van der Waals surface area contributed by atoms with Gasteiger partial charge in [0.25, 0.3) is 0 Å². The maximum Gasteiger partial charge on any atom is 0.311 e. The quantitative estimate of drug-likeness (QED) is 0.707. The summed E-state index contributed by atoms with van der Waals surface area (Å²) in [7, 11) is 0. The monoisotopic (exact) mass is 204 g/mol. The Morgan fingerprint density at radius 1 is 1.33 bits per heavy atom. The third-order valence-corrected chi connectivity index (χ3v) is 3.19. The standard InChI is InChI=1S/C13H16O2/c1-13(9-10-15-12(13)14)8-7-11-5-3-2-4-6-11/h2-6H,7-10H2,1H3/t13-/m0/s1. The van der Waals surface area contributed by atoms with Crippen molar-refractivity contribution in [2.24, 2.45) is 5.41 Å². The summed E-state index contributed by atoms with van der Waals surface area (Å²) in [5, 5.41) is 0. The summed E-state index contributed by atoms with van der Waals surface area (Å²) < 4.78 is 5.02. The lowest BCUT2D eigenvalue weighted by Gasteiger charge is -2.18. The molecule has 0 unspecified atom stereocenters. The largest absolute Gasteiger partial charge is 0.465 e. The molecule has 2 nitrogen and oxygen atoms in total. The van der Waals surface area contributed by atoms with Gasteiger partial charge in [-0.15, -0.1) is 0 Å². The number of esters is 1. The van der Waals surface area contributed by atoms with Crippen molar-refractivity contribution in [1.82, 2.24) is 0 Å². The van der Waals surface area contributed by atoms with E-state index >= 15 is 0 Å². The molecular formula is C13H16O2. The van der Waals surface area contributed by atoms with E-state index < -0.39 is 0 Å². The number of rotatable bonds is 3. The summed E-state index contributed by atoms with van der Waals surface area (Å²) in [5.74, 6) is -0.0292. The molecule has 0 aliphatic carbocycles. The average molecular weight is 204 g/mol. The Labute approximate surface area is 90.3 Å². The highest BCUT2D eigenvalue weighted by molar-refractivity contribution is 5.78. The fourth-order valence-corrected chi connectivity index (χ4v) is 1.94. The minimum atomic E-state index is -0.254. The highest BCUT2D eigenvalue weighted by Crippen LogP contribution is 2.34. The first-order valence-corrected chi connectivity index (χ1v) is 5.42. The molecule has 1 aromatic carbocycles. The van der Waals surface area contributed by atoms with Crippen molar-refractivity contribution in [3.8, 4) is 0 Å². The number of carbonyl (C=O) groups excluding carboxylic acids is 1. The van der Waals surface area contributed by atoms with Gasteiger partial charge < -0.3 is 4.74 Å². The molecule has 2 heteroatoms. The molecule has 1 saturated heterocycles. The molecule has 0 spiro atoms. The van der Waals surface area contributed by atoms with Crippen LogP contribution in [0, 0.1) is 5.41 Å². The normalized spacial score (nSPS) is 25.3. The van der Waals surface area contributed by atoms with Crippen molar-refractivity contribution in [1.29, 1.82) is 0 Å². The van der Waals surface area contributed by atoms with Gasteiger partial charge in [-0.25, -0.2) is 0 Å². The molecule has 0 aromatic heterocycles. The molecule has 1 atom stereocenters. The molecule has 1 fully saturated rings. The second kappa shape index (κ2) is 4.05. The van der Waals surface area contributed by atoms with Gasteiger partial charge in [-0.05, 0) is 31.7 Å². The minimum absolute atomic E-state index is 0.0292. The van der Waals surface area contributed by atoms with Gasteiger partial charge in [-0.2, -0.15) is 0 Å². The van der Waals surface area contributed by atoms with Gasteiger partial charge in [0.1, 0.15) is 0 Å². The van der Waals surface area contributed by atoms with Crippen LogP contribution < -0.4 is 0 Å². The molecule has 1 aromatic rings. The lowest BCUT2D eigenvalue weighted by atomic mass is 9.83. The van der Waals surface area contributed by atoms with E-state index in [2.05, 4.69) is 12.1 Å². The summed E-state index contributed by atoms with van der Waals surface area (Å²) in [5.41, 5.74) is 1.04. The van der Waals surface area contributed by atoms with Gasteiger partial charge in [0.2, 0.25) is 0 Å². The third kappa shape index (κ3) is 2.20. The first-order chi connectivity index (χ1) is 7.21. The van der Waals surface area contributed by atoms with Crippen molar-refractivity contribution in [2.45, 2.75) is 26.2 Å². The molecule has 0 N–H and O–H groups in total. The lowest BCUT2D eigenvalue weighted by molar-refractivity contribution is -0.145. The first kappa shape index (κ1) is 10.2. The maximum absolute atomic E-state index is 11.5. The zero-order valence-corrected chi connectivity index (χ0v) is 9.03. The van der Waals surface area contributed by atoms with E-state index in [-0.39, 0.29) is 11.4 Å². The van der Waals surface area contributed by atoms with Crippen LogP contribution in [-0.2, 0) is 16.0 Å². The summed E-state index contributed by atoms with van der Waals surface area (Å²) in [6.45, 7) is 2.59. The van der Waals surface area contributed by atoms with Crippen LogP contribution in [-0.4, -0.2) is 12.6 Å². The summed E-state index contributed by atoms with van der Waals surface area (Å²) in [4.78, 5) is 11.5. The summed E-state index contributed by atoms with van der Waals surface area (Å²) in [6.07, 6.45) is 2.70. The Morgan fingerprint density at radius 2 is 2.07 bits per heavy atom. The van der Waals surface area contributed by atoms with Crippen molar-refractivity contribution in [3.63, 3.8) is 0 Å². The average Bonchev–Trinajstić information content (AvgIpc) is 2.59. The van der Waals surface area contributed by atoms with Crippen LogP contribution in [0.4, 0.5) is 0 Å². The molecule has 1 aliphatic heterocycles. The molecule has 0 bridgehead atoms. The van der Waals surface area contributed by atoms with E-state index in [1.807, 2.05) is 25.1 Å². The first-order valence-electron chi connectivity index (χ1n) is 5.42. The van der Waals surface area contributed by atoms with Crippen molar-refractivity contribution in [3.05, 3.63) is 35.9 Å². The number of carbonyl (C=O) groups is 1. The topological polar surface area (TPSA) is 26.3 Å². The molecule has 80 valence electrons. The number of hydrogen-bond donors (Lipinski definition) is 0. The third-order valence-electron chi connectivity index (χ3n) is 3.19. The van der Waals surface area contributed by atoms with Crippen LogP contribution in [0.25, 0.3) is 0 Å². The highest BCUT2D eigenvalue weighted by atomic mass is 16.5. The second-order valence-corrected chi connectivity index (χ2v) is 4.43. The summed E-state index contributed by atoms with van der Waals surface area (Å²) in [6, 6.07) is 10.3. The van der Waals surface area contributed by atoms with E-state index in [0.717, 1.165) is 19.3 Å². The minimum Gasteiger partial charge on any atom is -0.465 e. The molecular weight excluding hydrogens is 188 g/mol. The predicted molar refractivity (Wildman–Crippen MR) is 58.4 cm³/mol. The van der Waals surface area contributed by atoms with Crippen LogP contribution in [0.3, 0.4) is 0 Å². The molecule has 2 rings (SSSR count). The van der Waals surface area contributed by atoms with E-state index in [4.69, 9.17) is 4.74 Å². The summed E-state index contributed by atoms with van der Waals surface area (Å²) >= 11 is 0. The Balaban J connectivity index is 1.96. The van der Waals surface area contributed by atoms with E-state index in [9.17, 15) is 4.79 Å². The molecule has 1 heterocycles. The second-order valence-electron chi connectivity index (χ2n) is 4.43. The van der Waals surface area contributed by atoms with Crippen molar-refractivity contribution in [2.75, 3.05) is 6.61 Å². The zero-order valence-electron chi connectivity index (χ0n) is 9.03. The predicted octanol–water partition coefficient (Wildman–Crippen LogP) is 2.57. The number of hydrogen-bond acceptors (Lipinski definition) is 2. The smallest absolute Gasteiger partial charge is 0.311 e. The highest BCUT2D eigenvalue weighted by Gasteiger charge is 2.39. The number of cyclic esters (lactones) is 1. The molecule has 15 heavy (non-hydrogen) atoms. The molecule has 0 saturated carbocycles. The number of benzene rings is 1. The fraction of sp³-hybridized carbons (Fsp3) is 0.462. The van der Waals surface area contributed by atoms with Crippen LogP contribution >= 0.6 is 0 Å². The Morgan fingerprint density at radius 3 is 2.67 bits per heavy atom. The van der Waals surface area contributed by atoms with Crippen LogP contribution in [0.2, 0.25) is 0 Å². The Bertz CT molecular complexity index is 345. The van der Waals surface area contributed by atoms with Crippen molar-refractivity contribution < 1.29 is 9.53 Å². The Hall–Kier alpha value is -1.31. The van der Waals surface area contributed by atoms with Gasteiger partial charge in [0, 0.05) is 0 Å². The van der Waals surface area contributed by atoms with Gasteiger partial charge in [-0.1, -0.05) is 30.3 Å². The number of ether oxygens (including phenoxy) is 1. The van der Waals surface area contributed by atoms with Gasteiger partial charge in [0.05, 0.1) is 12.0 Å². The zero-order chi connectivity index (χ0) is 10.7. The van der Waals surface area contributed by atoms with E-state index in [0.29, 0.717) is 6.61 Å². The van der Waals surface area contributed by atoms with Crippen LogP contribution in [0.15, 0.2) is 30.3 Å². The van der Waals surface area contributed by atoms with Crippen LogP contribution in [0.1, 0.15) is 25.3 Å². The maximum atomic E-state index is 11.5. The van der Waals surface area contributed by atoms with Crippen LogP contribution in [0.5, 0.6) is 0 Å². The molecule has 0 amide bonds. The lowest BCUT2D eigenvalue weighted by Crippen LogP contribution is -2.22. The van der Waals surface area contributed by atoms with Gasteiger partial charge in [-0.3, -0.25) is 4.79 Å². The SMILES string of the molecule is C[C@]1(CCc2ccccc2)CCOC1=O. The Kier molecular flexibility index (Phi) is 2.76. The number of aryl methyl sites for hydroxylation is 1.